The molecule has 5 nitrogen and oxygen atoms in total. The topological polar surface area (TPSA) is 51.3 Å². The van der Waals surface area contributed by atoms with Gasteiger partial charge >= 0.3 is 0 Å². The summed E-state index contributed by atoms with van der Waals surface area (Å²) in [5.41, 5.74) is 2.13. The maximum Gasteiger partial charge on any atom is 0.272 e. The van der Waals surface area contributed by atoms with Crippen LogP contribution < -0.4 is 0 Å². The third-order valence-corrected chi connectivity index (χ3v) is 4.57. The molecule has 1 aliphatic rings. The van der Waals surface area contributed by atoms with Gasteiger partial charge in [0.25, 0.3) is 5.91 Å². The number of benzene rings is 1. The van der Waals surface area contributed by atoms with Gasteiger partial charge in [-0.25, -0.2) is 4.68 Å². The molecule has 0 spiro atoms. The van der Waals surface area contributed by atoms with E-state index in [-0.39, 0.29) is 5.91 Å². The van der Waals surface area contributed by atoms with E-state index in [9.17, 15) is 4.79 Å². The highest BCUT2D eigenvalue weighted by molar-refractivity contribution is 5.94. The number of piperidine rings is 1. The first-order valence-corrected chi connectivity index (χ1v) is 8.74. The Morgan fingerprint density at radius 3 is 2.48 bits per heavy atom. The van der Waals surface area contributed by atoms with Crippen LogP contribution in [0, 0.1) is 6.92 Å². The summed E-state index contributed by atoms with van der Waals surface area (Å²) in [6.45, 7) is 3.53. The highest BCUT2D eigenvalue weighted by Crippen LogP contribution is 2.25. The summed E-state index contributed by atoms with van der Waals surface area (Å²) in [5, 5.41) is 4.66. The lowest BCUT2D eigenvalue weighted by atomic mass is 10.1. The molecule has 0 radical (unpaired) electrons. The molecule has 1 amide bonds. The standard InChI is InChI=1S/C20H21N3O2/c1-15-10-11-19(25-15)17-14-18(20(24)22-12-6-3-7-13-22)23(21-17)16-8-4-2-5-9-16/h2,4-5,8-11,14H,3,6-7,12-13H2,1H3. The van der Waals surface area contributed by atoms with Crippen molar-refractivity contribution in [3.8, 4) is 17.1 Å². The minimum absolute atomic E-state index is 0.0329. The molecule has 25 heavy (non-hydrogen) atoms. The first-order chi connectivity index (χ1) is 12.2. The number of furan rings is 1. The molecule has 1 aliphatic heterocycles. The molecule has 2 aromatic heterocycles. The molecule has 0 unspecified atom stereocenters. The normalized spacial score (nSPS) is 14.7. The van der Waals surface area contributed by atoms with E-state index in [1.807, 2.05) is 60.4 Å². The third-order valence-electron chi connectivity index (χ3n) is 4.57. The Morgan fingerprint density at radius 1 is 1.04 bits per heavy atom. The lowest BCUT2D eigenvalue weighted by molar-refractivity contribution is 0.0715. The first kappa shape index (κ1) is 15.7. The summed E-state index contributed by atoms with van der Waals surface area (Å²) in [6, 6.07) is 15.4. The van der Waals surface area contributed by atoms with Crippen LogP contribution in [0.4, 0.5) is 0 Å². The second-order valence-electron chi connectivity index (χ2n) is 6.43. The third kappa shape index (κ3) is 3.09. The van der Waals surface area contributed by atoms with Crippen molar-refractivity contribution >= 4 is 5.91 Å². The van der Waals surface area contributed by atoms with E-state index in [1.165, 1.54) is 6.42 Å². The number of hydrogen-bond donors (Lipinski definition) is 0. The van der Waals surface area contributed by atoms with Gasteiger partial charge < -0.3 is 9.32 Å². The number of carbonyl (C=O) groups is 1. The summed E-state index contributed by atoms with van der Waals surface area (Å²) in [6.07, 6.45) is 3.32. The zero-order valence-electron chi connectivity index (χ0n) is 14.3. The molecule has 1 fully saturated rings. The van der Waals surface area contributed by atoms with Crippen LogP contribution in [0.3, 0.4) is 0 Å². The van der Waals surface area contributed by atoms with E-state index in [4.69, 9.17) is 4.42 Å². The number of carbonyl (C=O) groups excluding carboxylic acids is 1. The molecular weight excluding hydrogens is 314 g/mol. The lowest BCUT2D eigenvalue weighted by Crippen LogP contribution is -2.36. The molecule has 5 heteroatoms. The zero-order chi connectivity index (χ0) is 17.2. The average molecular weight is 335 g/mol. The SMILES string of the molecule is Cc1ccc(-c2cc(C(=O)N3CCCCC3)n(-c3ccccc3)n2)o1. The molecule has 0 saturated carbocycles. The van der Waals surface area contributed by atoms with Gasteiger partial charge in [0, 0.05) is 19.2 Å². The molecule has 0 bridgehead atoms. The first-order valence-electron chi connectivity index (χ1n) is 8.74. The maximum atomic E-state index is 13.1. The number of nitrogens with zero attached hydrogens (tertiary/aromatic N) is 3. The van der Waals surface area contributed by atoms with Crippen LogP contribution in [0.2, 0.25) is 0 Å². The van der Waals surface area contributed by atoms with Gasteiger partial charge in [-0.2, -0.15) is 5.10 Å². The van der Waals surface area contributed by atoms with Gasteiger partial charge in [-0.1, -0.05) is 18.2 Å². The van der Waals surface area contributed by atoms with E-state index in [2.05, 4.69) is 5.10 Å². The van der Waals surface area contributed by atoms with E-state index >= 15 is 0 Å². The molecule has 0 N–H and O–H groups in total. The number of likely N-dealkylation sites (tertiary alicyclic amines) is 1. The van der Waals surface area contributed by atoms with E-state index in [1.54, 1.807) is 4.68 Å². The van der Waals surface area contributed by atoms with Crippen molar-refractivity contribution in [1.29, 1.82) is 0 Å². The van der Waals surface area contributed by atoms with Crippen molar-refractivity contribution in [3.63, 3.8) is 0 Å². The number of amides is 1. The van der Waals surface area contributed by atoms with Crippen molar-refractivity contribution < 1.29 is 9.21 Å². The van der Waals surface area contributed by atoms with Crippen molar-refractivity contribution in [3.05, 3.63) is 60.0 Å². The number of hydrogen-bond acceptors (Lipinski definition) is 3. The predicted octanol–water partition coefficient (Wildman–Crippen LogP) is 4.07. The maximum absolute atomic E-state index is 13.1. The number of aryl methyl sites for hydroxylation is 1. The summed E-state index contributed by atoms with van der Waals surface area (Å²) in [5.74, 6) is 1.54. The predicted molar refractivity (Wildman–Crippen MR) is 95.8 cm³/mol. The number of para-hydroxylation sites is 1. The van der Waals surface area contributed by atoms with Crippen molar-refractivity contribution in [1.82, 2.24) is 14.7 Å². The Kier molecular flexibility index (Phi) is 4.14. The Morgan fingerprint density at radius 2 is 1.80 bits per heavy atom. The van der Waals surface area contributed by atoms with E-state index in [0.29, 0.717) is 17.1 Å². The molecule has 3 heterocycles. The molecule has 0 aliphatic carbocycles. The van der Waals surface area contributed by atoms with Crippen molar-refractivity contribution in [2.75, 3.05) is 13.1 Å². The molecule has 0 atom stereocenters. The van der Waals surface area contributed by atoms with Gasteiger partial charge in [-0.05, 0) is 50.5 Å². The van der Waals surface area contributed by atoms with E-state index < -0.39 is 0 Å². The van der Waals surface area contributed by atoms with Gasteiger partial charge in [0.15, 0.2) is 5.76 Å². The molecule has 4 rings (SSSR count). The van der Waals surface area contributed by atoms with Gasteiger partial charge in [-0.15, -0.1) is 0 Å². The second kappa shape index (κ2) is 6.59. The summed E-state index contributed by atoms with van der Waals surface area (Å²) >= 11 is 0. The fourth-order valence-corrected chi connectivity index (χ4v) is 3.25. The van der Waals surface area contributed by atoms with Crippen LogP contribution in [0.15, 0.2) is 52.9 Å². The fourth-order valence-electron chi connectivity index (χ4n) is 3.25. The van der Waals surface area contributed by atoms with Crippen LogP contribution in [-0.4, -0.2) is 33.7 Å². The van der Waals surface area contributed by atoms with Gasteiger partial charge in [-0.3, -0.25) is 4.79 Å². The van der Waals surface area contributed by atoms with Crippen LogP contribution >= 0.6 is 0 Å². The fraction of sp³-hybridized carbons (Fsp3) is 0.300. The summed E-state index contributed by atoms with van der Waals surface area (Å²) in [7, 11) is 0. The van der Waals surface area contributed by atoms with Gasteiger partial charge in [0.1, 0.15) is 17.1 Å². The Bertz CT molecular complexity index is 873. The Labute approximate surface area is 146 Å². The van der Waals surface area contributed by atoms with Crippen molar-refractivity contribution in [2.45, 2.75) is 26.2 Å². The van der Waals surface area contributed by atoms with Gasteiger partial charge in [0.05, 0.1) is 5.69 Å². The van der Waals surface area contributed by atoms with Crippen molar-refractivity contribution in [2.24, 2.45) is 0 Å². The molecular formula is C20H21N3O2. The minimum atomic E-state index is 0.0329. The molecule has 1 saturated heterocycles. The molecule has 128 valence electrons. The minimum Gasteiger partial charge on any atom is -0.460 e. The Hall–Kier alpha value is -2.82. The Balaban J connectivity index is 1.77. The highest BCUT2D eigenvalue weighted by atomic mass is 16.3. The largest absolute Gasteiger partial charge is 0.460 e. The number of rotatable bonds is 3. The van der Waals surface area contributed by atoms with E-state index in [0.717, 1.165) is 37.4 Å². The summed E-state index contributed by atoms with van der Waals surface area (Å²) < 4.78 is 7.42. The van der Waals surface area contributed by atoms with Crippen LogP contribution in [0.25, 0.3) is 17.1 Å². The number of aromatic nitrogens is 2. The smallest absolute Gasteiger partial charge is 0.272 e. The second-order valence-corrected chi connectivity index (χ2v) is 6.43. The highest BCUT2D eigenvalue weighted by Gasteiger charge is 2.24. The molecule has 1 aromatic carbocycles. The quantitative estimate of drug-likeness (QED) is 0.725. The zero-order valence-corrected chi connectivity index (χ0v) is 14.3. The van der Waals surface area contributed by atoms with Gasteiger partial charge in [0.2, 0.25) is 0 Å². The van der Waals surface area contributed by atoms with Crippen LogP contribution in [-0.2, 0) is 0 Å². The van der Waals surface area contributed by atoms with Crippen LogP contribution in [0.5, 0.6) is 0 Å². The lowest BCUT2D eigenvalue weighted by Gasteiger charge is -2.26. The average Bonchev–Trinajstić information content (AvgIpc) is 3.29. The van der Waals surface area contributed by atoms with Crippen LogP contribution in [0.1, 0.15) is 35.5 Å². The molecule has 3 aromatic rings. The summed E-state index contributed by atoms with van der Waals surface area (Å²) in [4.78, 5) is 15.0. The monoisotopic (exact) mass is 335 g/mol.